The highest BCUT2D eigenvalue weighted by Crippen LogP contribution is 2.43. The molecule has 0 aliphatic rings. The van der Waals surface area contributed by atoms with Gasteiger partial charge in [0, 0.05) is 26.5 Å². The zero-order valence-corrected chi connectivity index (χ0v) is 40.5. The molecule has 0 aromatic carbocycles. The number of hydrogen-bond acceptors (Lipinski definition) is 10. The number of phosphoric acid groups is 1. The van der Waals surface area contributed by atoms with Crippen LogP contribution in [0.1, 0.15) is 228 Å². The van der Waals surface area contributed by atoms with E-state index in [1.54, 1.807) is 21.0 Å². The predicted molar refractivity (Wildman–Crippen MR) is 242 cm³/mol. The monoisotopic (exact) mass is 878 g/mol. The van der Waals surface area contributed by atoms with Gasteiger partial charge in [-0.3, -0.25) is 23.4 Å². The quantitative estimate of drug-likeness (QED) is 0.0341. The molecule has 12 nitrogen and oxygen atoms in total. The summed E-state index contributed by atoms with van der Waals surface area (Å²) in [4.78, 5) is 48.4. The van der Waals surface area contributed by atoms with Gasteiger partial charge in [-0.1, -0.05) is 168 Å². The molecular weight excluding hydrogens is 785 g/mol. The Morgan fingerprint density at radius 3 is 1.43 bits per heavy atom. The van der Waals surface area contributed by atoms with Crippen molar-refractivity contribution in [2.75, 3.05) is 40.1 Å². The third-order valence-electron chi connectivity index (χ3n) is 11.0. The molecule has 0 aromatic rings. The first-order valence-corrected chi connectivity index (χ1v) is 25.6. The van der Waals surface area contributed by atoms with Crippen LogP contribution in [0.25, 0.3) is 0 Å². The van der Waals surface area contributed by atoms with Crippen LogP contribution in [0.15, 0.2) is 0 Å². The third kappa shape index (κ3) is 37.0. The molecule has 0 spiro atoms. The molecule has 0 aliphatic heterocycles. The Bertz CT molecular complexity index is 1100. The van der Waals surface area contributed by atoms with Gasteiger partial charge in [0.1, 0.15) is 12.2 Å². The van der Waals surface area contributed by atoms with Crippen LogP contribution in [0, 0.1) is 0 Å². The molecule has 0 aromatic heterocycles. The molecule has 2 atom stereocenters. The number of methoxy groups -OCH3 is 1. The number of hydrogen-bond donors (Lipinski definition) is 2. The average Bonchev–Trinajstić information content (AvgIpc) is 3.20. The van der Waals surface area contributed by atoms with Crippen LogP contribution in [0.5, 0.6) is 0 Å². The van der Waals surface area contributed by atoms with Gasteiger partial charge in [0.2, 0.25) is 0 Å². The summed E-state index contributed by atoms with van der Waals surface area (Å²) in [5, 5.41) is 2.64. The van der Waals surface area contributed by atoms with Gasteiger partial charge in [-0.25, -0.2) is 4.57 Å². The Morgan fingerprint density at radius 1 is 0.583 bits per heavy atom. The van der Waals surface area contributed by atoms with E-state index in [9.17, 15) is 23.8 Å². The van der Waals surface area contributed by atoms with Crippen molar-refractivity contribution in [1.29, 1.82) is 0 Å². The predicted octanol–water partition coefficient (Wildman–Crippen LogP) is 12.3. The van der Waals surface area contributed by atoms with E-state index in [1.807, 2.05) is 13.8 Å². The van der Waals surface area contributed by atoms with Crippen LogP contribution in [-0.2, 0) is 46.9 Å². The summed E-state index contributed by atoms with van der Waals surface area (Å²) in [7, 11) is -2.98. The molecular formula is C47H92NO11P. The number of carbonyl (C=O) groups is 3. The number of esters is 2. The van der Waals surface area contributed by atoms with Gasteiger partial charge in [-0.05, 0) is 47.0 Å². The Morgan fingerprint density at radius 2 is 1.00 bits per heavy atom. The maximum Gasteiger partial charge on any atom is 0.472 e. The van der Waals surface area contributed by atoms with Crippen molar-refractivity contribution < 1.29 is 51.8 Å². The van der Waals surface area contributed by atoms with Crippen LogP contribution < -0.4 is 5.32 Å². The largest absolute Gasteiger partial charge is 0.472 e. The first-order chi connectivity index (χ1) is 28.7. The Kier molecular flexibility index (Phi) is 37.0. The molecule has 0 saturated heterocycles. The number of ether oxygens (including phenoxy) is 4. The van der Waals surface area contributed by atoms with Gasteiger partial charge in [0.15, 0.2) is 6.10 Å². The number of phosphoric ester groups is 1. The lowest BCUT2D eigenvalue weighted by atomic mass is 10.0. The third-order valence-corrected chi connectivity index (χ3v) is 12.0. The van der Waals surface area contributed by atoms with Gasteiger partial charge >= 0.3 is 19.8 Å². The lowest BCUT2D eigenvalue weighted by Crippen LogP contribution is -2.46. The van der Waals surface area contributed by atoms with E-state index in [1.165, 1.54) is 116 Å². The normalized spacial score (nSPS) is 13.5. The maximum absolute atomic E-state index is 12.8. The molecule has 60 heavy (non-hydrogen) atoms. The van der Waals surface area contributed by atoms with Gasteiger partial charge in [-0.15, -0.1) is 0 Å². The molecule has 1 unspecified atom stereocenters. The summed E-state index contributed by atoms with van der Waals surface area (Å²) < 4.78 is 45.1. The summed E-state index contributed by atoms with van der Waals surface area (Å²) in [6.45, 7) is 10.7. The van der Waals surface area contributed by atoms with Crippen LogP contribution in [0.4, 0.5) is 0 Å². The molecule has 1 amide bonds. The van der Waals surface area contributed by atoms with E-state index < -0.39 is 44.0 Å². The molecule has 0 aliphatic carbocycles. The summed E-state index contributed by atoms with van der Waals surface area (Å²) in [6.07, 6.45) is 31.1. The summed E-state index contributed by atoms with van der Waals surface area (Å²) in [5.74, 6) is -1.30. The fourth-order valence-corrected chi connectivity index (χ4v) is 7.42. The molecule has 0 heterocycles. The van der Waals surface area contributed by atoms with E-state index in [0.717, 1.165) is 38.5 Å². The Balaban J connectivity index is 4.71. The molecule has 0 rings (SSSR count). The summed E-state index contributed by atoms with van der Waals surface area (Å²) >= 11 is 0. The van der Waals surface area contributed by atoms with Crippen molar-refractivity contribution in [2.45, 2.75) is 245 Å². The van der Waals surface area contributed by atoms with E-state index in [4.69, 9.17) is 28.0 Å². The lowest BCUT2D eigenvalue weighted by Gasteiger charge is -2.28. The SMILES string of the molecule is CCCCCCCCCCCCCCCC(=O)OC[C@H](COP(=O)(O)OCCNC(=O)C(C)(C)OCCC(C)(C)OC)OC(=O)CCCCCCCCCCCCCCC. The second kappa shape index (κ2) is 37.9. The van der Waals surface area contributed by atoms with Gasteiger partial charge < -0.3 is 29.2 Å². The highest BCUT2D eigenvalue weighted by atomic mass is 31.2. The number of rotatable bonds is 44. The fraction of sp³-hybridized carbons (Fsp3) is 0.936. The molecule has 0 saturated carbocycles. The summed E-state index contributed by atoms with van der Waals surface area (Å²) in [6, 6.07) is 0. The first kappa shape index (κ1) is 58.4. The zero-order chi connectivity index (χ0) is 44.8. The number of nitrogens with one attached hydrogen (secondary N) is 1. The Hall–Kier alpha value is -1.56. The number of amides is 1. The molecule has 2 N–H and O–H groups in total. The summed E-state index contributed by atoms with van der Waals surface area (Å²) in [5.41, 5.74) is -1.53. The van der Waals surface area contributed by atoms with Gasteiger partial charge in [0.25, 0.3) is 5.91 Å². The minimum atomic E-state index is -4.60. The number of unbranched alkanes of at least 4 members (excludes halogenated alkanes) is 24. The van der Waals surface area contributed by atoms with Crippen LogP contribution in [0.3, 0.4) is 0 Å². The first-order valence-electron chi connectivity index (χ1n) is 24.1. The van der Waals surface area contributed by atoms with E-state index in [2.05, 4.69) is 19.2 Å². The van der Waals surface area contributed by atoms with Crippen molar-refractivity contribution in [2.24, 2.45) is 0 Å². The Labute approximate surface area is 367 Å². The second-order valence-electron chi connectivity index (χ2n) is 17.7. The fourth-order valence-electron chi connectivity index (χ4n) is 6.67. The van der Waals surface area contributed by atoms with Gasteiger partial charge in [0.05, 0.1) is 25.4 Å². The zero-order valence-electron chi connectivity index (χ0n) is 39.6. The van der Waals surface area contributed by atoms with Crippen LogP contribution >= 0.6 is 7.82 Å². The molecule has 13 heteroatoms. The second-order valence-corrected chi connectivity index (χ2v) is 19.2. The van der Waals surface area contributed by atoms with E-state index in [0.29, 0.717) is 25.9 Å². The number of carbonyl (C=O) groups excluding carboxylic acids is 3. The van der Waals surface area contributed by atoms with Crippen LogP contribution in [0.2, 0.25) is 0 Å². The van der Waals surface area contributed by atoms with Crippen molar-refractivity contribution in [3.05, 3.63) is 0 Å². The highest BCUT2D eigenvalue weighted by molar-refractivity contribution is 7.47. The maximum atomic E-state index is 12.8. The highest BCUT2D eigenvalue weighted by Gasteiger charge is 2.30. The average molecular weight is 878 g/mol. The van der Waals surface area contributed by atoms with Crippen molar-refractivity contribution in [1.82, 2.24) is 5.32 Å². The topological polar surface area (TPSA) is 156 Å². The molecule has 0 bridgehead atoms. The molecule has 356 valence electrons. The molecule has 0 fully saturated rings. The lowest BCUT2D eigenvalue weighted by molar-refractivity contribution is -0.161. The molecule has 0 radical (unpaired) electrons. The van der Waals surface area contributed by atoms with Crippen molar-refractivity contribution >= 4 is 25.7 Å². The van der Waals surface area contributed by atoms with Crippen molar-refractivity contribution in [3.63, 3.8) is 0 Å². The van der Waals surface area contributed by atoms with Crippen LogP contribution in [-0.4, -0.2) is 80.1 Å². The van der Waals surface area contributed by atoms with Gasteiger partial charge in [-0.2, -0.15) is 0 Å². The standard InChI is InChI=1S/C47H92NO11P/c1-8-10-12-14-16-18-20-22-24-26-28-30-32-34-43(49)55-40-42(59-44(50)35-33-31-29-27-25-23-21-19-17-15-13-11-9-2)41-58-60(52,53)57-39-37-48-45(51)47(5,6)56-38-36-46(3,4)54-7/h42H,8-41H2,1-7H3,(H,48,51)(H,52,53)/t42-/m1/s1. The minimum absolute atomic E-state index is 0.0720. The van der Waals surface area contributed by atoms with E-state index >= 15 is 0 Å². The smallest absolute Gasteiger partial charge is 0.462 e. The minimum Gasteiger partial charge on any atom is -0.462 e. The van der Waals surface area contributed by atoms with Crippen molar-refractivity contribution in [3.8, 4) is 0 Å². The van der Waals surface area contributed by atoms with E-state index in [-0.39, 0.29) is 38.2 Å².